The number of nitrogens with one attached hydrogen (secondary N) is 1. The van der Waals surface area contributed by atoms with Crippen LogP contribution in [0.4, 0.5) is 0 Å². The third-order valence-corrected chi connectivity index (χ3v) is 6.31. The standard InChI is InChI=1S/C20H23Cl6NO9S/c1-2-8-32-17-14(27-18(29)20(24,25)26)16(33-9-12-6-4-3-5-7-12)15(28)13(36-17)10-34-37(30,31)35-11-19(21,22)23/h2-7,13-17,28H,1,8-11H2,(H,27,29)/t13-,14-,15-,16-,17-/m1/s1. The van der Waals surface area contributed by atoms with Gasteiger partial charge in [0.2, 0.25) is 3.79 Å². The van der Waals surface area contributed by atoms with Crippen LogP contribution in [-0.2, 0) is 44.4 Å². The molecule has 1 aliphatic heterocycles. The largest absolute Gasteiger partial charge is 0.400 e. The molecule has 0 bridgehead atoms. The quantitative estimate of drug-likeness (QED) is 0.255. The lowest BCUT2D eigenvalue weighted by molar-refractivity contribution is -0.274. The first-order valence-electron chi connectivity index (χ1n) is 10.3. The summed E-state index contributed by atoms with van der Waals surface area (Å²) in [6.07, 6.45) is -4.11. The highest BCUT2D eigenvalue weighted by atomic mass is 35.6. The molecule has 1 amide bonds. The van der Waals surface area contributed by atoms with Crippen molar-refractivity contribution in [2.75, 3.05) is 19.8 Å². The van der Waals surface area contributed by atoms with Crippen LogP contribution >= 0.6 is 69.6 Å². The smallest absolute Gasteiger partial charge is 0.388 e. The molecule has 0 unspecified atom stereocenters. The molecule has 2 rings (SSSR count). The summed E-state index contributed by atoms with van der Waals surface area (Å²) in [6.45, 7) is 1.88. The van der Waals surface area contributed by atoms with Crippen LogP contribution in [0.15, 0.2) is 43.0 Å². The number of ether oxygens (including phenoxy) is 3. The van der Waals surface area contributed by atoms with E-state index in [0.29, 0.717) is 0 Å². The zero-order valence-electron chi connectivity index (χ0n) is 18.8. The van der Waals surface area contributed by atoms with Gasteiger partial charge < -0.3 is 24.6 Å². The number of aliphatic hydroxyl groups excluding tert-OH is 1. The Labute approximate surface area is 244 Å². The summed E-state index contributed by atoms with van der Waals surface area (Å²) in [5.74, 6) is -1.05. The maximum absolute atomic E-state index is 12.4. The summed E-state index contributed by atoms with van der Waals surface area (Å²) in [4.78, 5) is 12.4. The molecular weight excluding hydrogens is 643 g/mol. The number of amides is 1. The van der Waals surface area contributed by atoms with Gasteiger partial charge in [-0.2, -0.15) is 8.42 Å². The Bertz CT molecular complexity index is 990. The highest BCUT2D eigenvalue weighted by molar-refractivity contribution is 7.81. The first kappa shape index (κ1) is 33.1. The lowest BCUT2D eigenvalue weighted by Gasteiger charge is -2.44. The number of hydrogen-bond donors (Lipinski definition) is 2. The van der Waals surface area contributed by atoms with Crippen molar-refractivity contribution in [1.82, 2.24) is 5.32 Å². The minimum atomic E-state index is -4.66. The number of halogens is 6. The predicted octanol–water partition coefficient (Wildman–Crippen LogP) is 3.36. The molecule has 0 aliphatic carbocycles. The van der Waals surface area contributed by atoms with E-state index in [1.807, 2.05) is 0 Å². The van der Waals surface area contributed by atoms with Crippen LogP contribution in [-0.4, -0.2) is 77.5 Å². The molecule has 17 heteroatoms. The van der Waals surface area contributed by atoms with Crippen molar-refractivity contribution < 1.29 is 40.9 Å². The number of benzene rings is 1. The van der Waals surface area contributed by atoms with Crippen molar-refractivity contribution >= 4 is 85.9 Å². The van der Waals surface area contributed by atoms with E-state index in [2.05, 4.69) is 16.1 Å². The molecular formula is C20H23Cl6NO9S. The van der Waals surface area contributed by atoms with E-state index in [1.54, 1.807) is 30.3 Å². The third-order valence-electron chi connectivity index (χ3n) is 4.64. The Morgan fingerprint density at radius 2 is 1.76 bits per heavy atom. The number of carbonyl (C=O) groups is 1. The lowest BCUT2D eigenvalue weighted by Crippen LogP contribution is -2.66. The zero-order chi connectivity index (χ0) is 27.9. The van der Waals surface area contributed by atoms with E-state index < -0.39 is 67.7 Å². The van der Waals surface area contributed by atoms with Gasteiger partial charge in [-0.25, -0.2) is 8.37 Å². The molecule has 1 aromatic carbocycles. The molecule has 37 heavy (non-hydrogen) atoms. The van der Waals surface area contributed by atoms with Gasteiger partial charge in [-0.3, -0.25) is 4.79 Å². The van der Waals surface area contributed by atoms with Gasteiger partial charge in [-0.1, -0.05) is 106 Å². The van der Waals surface area contributed by atoms with E-state index in [0.717, 1.165) is 5.56 Å². The van der Waals surface area contributed by atoms with Crippen molar-refractivity contribution in [2.45, 2.75) is 44.8 Å². The van der Waals surface area contributed by atoms with E-state index in [4.69, 9.17) is 88.0 Å². The summed E-state index contributed by atoms with van der Waals surface area (Å²) in [5, 5.41) is 13.5. The van der Waals surface area contributed by atoms with Crippen LogP contribution in [0.2, 0.25) is 0 Å². The fraction of sp³-hybridized carbons (Fsp3) is 0.550. The highest BCUT2D eigenvalue weighted by Gasteiger charge is 2.49. The molecule has 0 spiro atoms. The second kappa shape index (κ2) is 14.5. The molecule has 1 aromatic rings. The first-order valence-corrected chi connectivity index (χ1v) is 13.9. The topological polar surface area (TPSA) is 130 Å². The number of alkyl halides is 6. The molecule has 2 N–H and O–H groups in total. The second-order valence-electron chi connectivity index (χ2n) is 7.48. The average Bonchev–Trinajstić information content (AvgIpc) is 2.81. The Kier molecular flexibility index (Phi) is 13.0. The van der Waals surface area contributed by atoms with Gasteiger partial charge in [0.15, 0.2) is 6.29 Å². The van der Waals surface area contributed by atoms with Crippen molar-refractivity contribution in [3.8, 4) is 0 Å². The maximum Gasteiger partial charge on any atom is 0.400 e. The van der Waals surface area contributed by atoms with Crippen LogP contribution in [0.25, 0.3) is 0 Å². The maximum atomic E-state index is 12.4. The number of carbonyl (C=O) groups excluding carboxylic acids is 1. The fourth-order valence-electron chi connectivity index (χ4n) is 3.04. The van der Waals surface area contributed by atoms with E-state index in [-0.39, 0.29) is 13.2 Å². The summed E-state index contributed by atoms with van der Waals surface area (Å²) in [6, 6.07) is 7.67. The minimum Gasteiger partial charge on any atom is -0.388 e. The third kappa shape index (κ3) is 11.5. The van der Waals surface area contributed by atoms with Gasteiger partial charge in [0.25, 0.3) is 9.70 Å². The summed E-state index contributed by atoms with van der Waals surface area (Å²) in [7, 11) is -4.66. The number of hydrogen-bond acceptors (Lipinski definition) is 9. The van der Waals surface area contributed by atoms with Gasteiger partial charge >= 0.3 is 10.4 Å². The molecule has 1 saturated heterocycles. The van der Waals surface area contributed by atoms with Gasteiger partial charge in [-0.05, 0) is 5.56 Å². The van der Waals surface area contributed by atoms with Gasteiger partial charge in [0.1, 0.15) is 31.0 Å². The van der Waals surface area contributed by atoms with E-state index >= 15 is 0 Å². The van der Waals surface area contributed by atoms with Gasteiger partial charge in [-0.15, -0.1) is 6.58 Å². The minimum absolute atomic E-state index is 0.0187. The summed E-state index contributed by atoms with van der Waals surface area (Å²) < 4.78 is 46.2. The monoisotopic (exact) mass is 663 g/mol. The van der Waals surface area contributed by atoms with Gasteiger partial charge in [0.05, 0.1) is 19.8 Å². The van der Waals surface area contributed by atoms with Crippen LogP contribution in [0.3, 0.4) is 0 Å². The fourth-order valence-corrected chi connectivity index (χ4v) is 4.25. The van der Waals surface area contributed by atoms with Crippen molar-refractivity contribution in [3.05, 3.63) is 48.6 Å². The highest BCUT2D eigenvalue weighted by Crippen LogP contribution is 2.31. The molecule has 1 heterocycles. The first-order chi connectivity index (χ1) is 17.1. The predicted molar refractivity (Wildman–Crippen MR) is 139 cm³/mol. The van der Waals surface area contributed by atoms with E-state index in [9.17, 15) is 18.3 Å². The molecule has 1 fully saturated rings. The Balaban J connectivity index is 2.27. The van der Waals surface area contributed by atoms with Crippen LogP contribution in [0, 0.1) is 0 Å². The SMILES string of the molecule is C=CCO[C@@H]1O[C@H](COS(=O)(=O)OCC(Cl)(Cl)Cl)[C@@H](O)[C@H](OCc2ccccc2)[C@H]1NC(=O)C(Cl)(Cl)Cl. The summed E-state index contributed by atoms with van der Waals surface area (Å²) >= 11 is 33.5. The Morgan fingerprint density at radius 3 is 2.32 bits per heavy atom. The molecule has 210 valence electrons. The van der Waals surface area contributed by atoms with Gasteiger partial charge in [0, 0.05) is 0 Å². The molecule has 10 nitrogen and oxygen atoms in total. The number of rotatable bonds is 12. The number of aliphatic hydroxyl groups is 1. The van der Waals surface area contributed by atoms with Crippen LogP contribution in [0.1, 0.15) is 5.56 Å². The molecule has 0 saturated carbocycles. The lowest BCUT2D eigenvalue weighted by atomic mass is 9.96. The summed E-state index contributed by atoms with van der Waals surface area (Å²) in [5.41, 5.74) is 0.728. The molecule has 0 radical (unpaired) electrons. The van der Waals surface area contributed by atoms with Crippen molar-refractivity contribution in [1.29, 1.82) is 0 Å². The van der Waals surface area contributed by atoms with E-state index in [1.165, 1.54) is 6.08 Å². The molecule has 1 aliphatic rings. The second-order valence-corrected chi connectivity index (χ2v) is 13.6. The van der Waals surface area contributed by atoms with Crippen molar-refractivity contribution in [3.63, 3.8) is 0 Å². The normalized spacial score (nSPS) is 25.0. The van der Waals surface area contributed by atoms with Crippen LogP contribution < -0.4 is 5.32 Å². The molecule has 0 aromatic heterocycles. The Morgan fingerprint density at radius 1 is 1.11 bits per heavy atom. The average molecular weight is 666 g/mol. The van der Waals surface area contributed by atoms with Crippen LogP contribution in [0.5, 0.6) is 0 Å². The van der Waals surface area contributed by atoms with Crippen molar-refractivity contribution in [2.24, 2.45) is 0 Å². The Hall–Kier alpha value is -0.120. The molecule has 5 atom stereocenters. The zero-order valence-corrected chi connectivity index (χ0v) is 24.1.